The maximum Gasteiger partial charge on any atom is 0.252 e. The van der Waals surface area contributed by atoms with Crippen molar-refractivity contribution >= 4 is 27.7 Å². The lowest BCUT2D eigenvalue weighted by atomic mass is 10.1. The first-order chi connectivity index (χ1) is 11.6. The van der Waals surface area contributed by atoms with Crippen molar-refractivity contribution in [2.45, 2.75) is 19.3 Å². The maximum absolute atomic E-state index is 11.8. The summed E-state index contributed by atoms with van der Waals surface area (Å²) < 4.78 is 1.02. The van der Waals surface area contributed by atoms with Crippen molar-refractivity contribution in [1.29, 1.82) is 0 Å². The fourth-order valence-corrected chi connectivity index (χ4v) is 2.60. The van der Waals surface area contributed by atoms with Gasteiger partial charge in [-0.15, -0.1) is 0 Å². The Morgan fingerprint density at radius 3 is 2.67 bits per heavy atom. The molecule has 2 N–H and O–H groups in total. The highest BCUT2D eigenvalue weighted by Gasteiger charge is 2.05. The molecular formula is C18H20BrN3O2. The highest BCUT2D eigenvalue weighted by atomic mass is 79.9. The number of nitrogens with one attached hydrogen (secondary N) is 2. The number of hydrogen-bond acceptors (Lipinski definition) is 3. The summed E-state index contributed by atoms with van der Waals surface area (Å²) in [5.74, 6) is -0.127. The number of aromatic nitrogens is 1. The number of carbonyl (C=O) groups is 2. The molecule has 1 heterocycles. The number of carbonyl (C=O) groups excluding carboxylic acids is 2. The van der Waals surface area contributed by atoms with Crippen LogP contribution in [0.25, 0.3) is 0 Å². The van der Waals surface area contributed by atoms with E-state index in [2.05, 4.69) is 31.5 Å². The van der Waals surface area contributed by atoms with Crippen LogP contribution in [0.15, 0.2) is 53.3 Å². The predicted molar refractivity (Wildman–Crippen MR) is 96.7 cm³/mol. The smallest absolute Gasteiger partial charge is 0.252 e. The molecule has 5 nitrogen and oxygen atoms in total. The quantitative estimate of drug-likeness (QED) is 0.681. The van der Waals surface area contributed by atoms with Gasteiger partial charge in [-0.05, 0) is 42.7 Å². The lowest BCUT2D eigenvalue weighted by Crippen LogP contribution is -2.30. The van der Waals surface area contributed by atoms with Gasteiger partial charge in [0.25, 0.3) is 5.91 Å². The topological polar surface area (TPSA) is 71.1 Å². The van der Waals surface area contributed by atoms with E-state index in [1.54, 1.807) is 18.3 Å². The van der Waals surface area contributed by atoms with Crippen LogP contribution in [0, 0.1) is 0 Å². The van der Waals surface area contributed by atoms with E-state index < -0.39 is 0 Å². The summed E-state index contributed by atoms with van der Waals surface area (Å²) in [5, 5.41) is 5.67. The number of amides is 2. The molecule has 0 bridgehead atoms. The van der Waals surface area contributed by atoms with Crippen molar-refractivity contribution in [2.24, 2.45) is 0 Å². The standard InChI is InChI=1S/C18H20BrN3O2/c19-16-6-1-4-14(12-16)7-8-17(23)21-10-3-11-22-18(24)15-5-2-9-20-13-15/h1-2,4-6,9,12-13H,3,7-8,10-11H2,(H,21,23)(H,22,24). The summed E-state index contributed by atoms with van der Waals surface area (Å²) >= 11 is 3.42. The van der Waals surface area contributed by atoms with Crippen molar-refractivity contribution in [3.05, 3.63) is 64.4 Å². The molecule has 1 aromatic carbocycles. The molecule has 0 aliphatic heterocycles. The van der Waals surface area contributed by atoms with Crippen LogP contribution in [-0.2, 0) is 11.2 Å². The van der Waals surface area contributed by atoms with Crippen LogP contribution >= 0.6 is 15.9 Å². The lowest BCUT2D eigenvalue weighted by molar-refractivity contribution is -0.121. The first-order valence-corrected chi connectivity index (χ1v) is 8.64. The first kappa shape index (κ1) is 18.1. The Morgan fingerprint density at radius 1 is 1.08 bits per heavy atom. The molecule has 0 spiro atoms. The third-order valence-corrected chi connectivity index (χ3v) is 3.91. The monoisotopic (exact) mass is 389 g/mol. The SMILES string of the molecule is O=C(CCc1cccc(Br)c1)NCCCNC(=O)c1cccnc1. The van der Waals surface area contributed by atoms with Gasteiger partial charge in [-0.2, -0.15) is 0 Å². The third-order valence-electron chi connectivity index (χ3n) is 3.41. The summed E-state index contributed by atoms with van der Waals surface area (Å²) in [6.07, 6.45) is 5.01. The van der Waals surface area contributed by atoms with Crippen LogP contribution in [0.4, 0.5) is 0 Å². The molecule has 0 aliphatic carbocycles. The van der Waals surface area contributed by atoms with Crippen molar-refractivity contribution < 1.29 is 9.59 Å². The van der Waals surface area contributed by atoms with Gasteiger partial charge in [0.05, 0.1) is 5.56 Å². The van der Waals surface area contributed by atoms with Gasteiger partial charge in [-0.25, -0.2) is 0 Å². The largest absolute Gasteiger partial charge is 0.356 e. The Balaban J connectivity index is 1.57. The molecule has 0 saturated carbocycles. The molecule has 0 radical (unpaired) electrons. The van der Waals surface area contributed by atoms with E-state index in [4.69, 9.17) is 0 Å². The second-order valence-corrected chi connectivity index (χ2v) is 6.25. The van der Waals surface area contributed by atoms with Crippen LogP contribution < -0.4 is 10.6 Å². The number of rotatable bonds is 8. The molecule has 0 fully saturated rings. The molecule has 0 atom stereocenters. The van der Waals surface area contributed by atoms with E-state index in [1.807, 2.05) is 24.3 Å². The van der Waals surface area contributed by atoms with Gasteiger partial charge in [0.1, 0.15) is 0 Å². The van der Waals surface area contributed by atoms with E-state index in [-0.39, 0.29) is 11.8 Å². The Bertz CT molecular complexity index is 677. The minimum Gasteiger partial charge on any atom is -0.356 e. The van der Waals surface area contributed by atoms with Gasteiger partial charge in [-0.3, -0.25) is 14.6 Å². The molecule has 6 heteroatoms. The fraction of sp³-hybridized carbons (Fsp3) is 0.278. The number of benzene rings is 1. The summed E-state index contributed by atoms with van der Waals surface area (Å²) in [6.45, 7) is 1.06. The molecule has 126 valence electrons. The average Bonchev–Trinajstić information content (AvgIpc) is 2.60. The molecule has 0 aliphatic rings. The molecule has 0 unspecified atom stereocenters. The summed E-state index contributed by atoms with van der Waals surface area (Å²) in [5.41, 5.74) is 1.67. The van der Waals surface area contributed by atoms with Crippen LogP contribution in [0.2, 0.25) is 0 Å². The average molecular weight is 390 g/mol. The van der Waals surface area contributed by atoms with Gasteiger partial charge in [0.2, 0.25) is 5.91 Å². The molecule has 0 saturated heterocycles. The van der Waals surface area contributed by atoms with E-state index in [0.717, 1.165) is 10.0 Å². The molecule has 24 heavy (non-hydrogen) atoms. The fourth-order valence-electron chi connectivity index (χ4n) is 2.16. The van der Waals surface area contributed by atoms with Gasteiger partial charge in [-0.1, -0.05) is 28.1 Å². The number of halogens is 1. The first-order valence-electron chi connectivity index (χ1n) is 7.84. The zero-order valence-electron chi connectivity index (χ0n) is 13.3. The summed E-state index contributed by atoms with van der Waals surface area (Å²) in [7, 11) is 0. The van der Waals surface area contributed by atoms with E-state index in [9.17, 15) is 9.59 Å². The Hall–Kier alpha value is -2.21. The minimum absolute atomic E-state index is 0.0218. The summed E-state index contributed by atoms with van der Waals surface area (Å²) in [4.78, 5) is 27.5. The number of aryl methyl sites for hydroxylation is 1. The van der Waals surface area contributed by atoms with Gasteiger partial charge >= 0.3 is 0 Å². The number of hydrogen-bond donors (Lipinski definition) is 2. The lowest BCUT2D eigenvalue weighted by Gasteiger charge is -2.07. The van der Waals surface area contributed by atoms with Crippen molar-refractivity contribution in [3.63, 3.8) is 0 Å². The molecule has 2 aromatic rings. The third kappa shape index (κ3) is 6.50. The highest BCUT2D eigenvalue weighted by Crippen LogP contribution is 2.12. The van der Waals surface area contributed by atoms with Crippen LogP contribution in [-0.4, -0.2) is 29.9 Å². The second-order valence-electron chi connectivity index (χ2n) is 5.33. The zero-order valence-corrected chi connectivity index (χ0v) is 14.9. The number of nitrogens with zero attached hydrogens (tertiary/aromatic N) is 1. The van der Waals surface area contributed by atoms with Crippen molar-refractivity contribution in [1.82, 2.24) is 15.6 Å². The predicted octanol–water partition coefficient (Wildman–Crippen LogP) is 2.71. The van der Waals surface area contributed by atoms with Crippen molar-refractivity contribution in [3.8, 4) is 0 Å². The molecule has 2 rings (SSSR count). The van der Waals surface area contributed by atoms with Crippen molar-refractivity contribution in [2.75, 3.05) is 13.1 Å². The molecule has 2 amide bonds. The van der Waals surface area contributed by atoms with Crippen LogP contribution in [0.1, 0.15) is 28.8 Å². The van der Waals surface area contributed by atoms with Gasteiger partial charge in [0.15, 0.2) is 0 Å². The Labute approximate surface area is 150 Å². The van der Waals surface area contributed by atoms with Gasteiger partial charge in [0, 0.05) is 36.4 Å². The van der Waals surface area contributed by atoms with Crippen LogP contribution in [0.5, 0.6) is 0 Å². The van der Waals surface area contributed by atoms with Crippen LogP contribution in [0.3, 0.4) is 0 Å². The minimum atomic E-state index is -0.149. The molecule has 1 aromatic heterocycles. The molecular weight excluding hydrogens is 370 g/mol. The second kappa shape index (κ2) is 9.82. The van der Waals surface area contributed by atoms with E-state index >= 15 is 0 Å². The van der Waals surface area contributed by atoms with E-state index in [0.29, 0.717) is 37.9 Å². The Kier molecular flexibility index (Phi) is 7.42. The Morgan fingerprint density at radius 2 is 1.92 bits per heavy atom. The summed E-state index contributed by atoms with van der Waals surface area (Å²) in [6, 6.07) is 11.4. The number of pyridine rings is 1. The van der Waals surface area contributed by atoms with E-state index in [1.165, 1.54) is 6.20 Å². The van der Waals surface area contributed by atoms with Gasteiger partial charge < -0.3 is 10.6 Å². The maximum atomic E-state index is 11.8. The highest BCUT2D eigenvalue weighted by molar-refractivity contribution is 9.10. The zero-order chi connectivity index (χ0) is 17.2. The normalized spacial score (nSPS) is 10.2.